The van der Waals surface area contributed by atoms with Crippen molar-refractivity contribution in [2.45, 2.75) is 30.1 Å². The van der Waals surface area contributed by atoms with Crippen LogP contribution >= 0.6 is 0 Å². The quantitative estimate of drug-likeness (QED) is 0.862. The fourth-order valence-electron chi connectivity index (χ4n) is 2.73. The van der Waals surface area contributed by atoms with Crippen LogP contribution in [0.15, 0.2) is 32.5 Å². The van der Waals surface area contributed by atoms with Crippen LogP contribution in [0.3, 0.4) is 0 Å². The highest BCUT2D eigenvalue weighted by Crippen LogP contribution is 2.35. The second-order valence-electron chi connectivity index (χ2n) is 5.32. The molecule has 3 rings (SSSR count). The molecule has 2 heterocycles. The van der Waals surface area contributed by atoms with Crippen molar-refractivity contribution in [3.05, 3.63) is 35.2 Å². The van der Waals surface area contributed by atoms with Gasteiger partial charge in [0.15, 0.2) is 10.7 Å². The van der Waals surface area contributed by atoms with Crippen LogP contribution in [0.2, 0.25) is 0 Å². The lowest BCUT2D eigenvalue weighted by atomic mass is 10.2. The number of aromatic nitrogens is 1. The number of nitrogens with two attached hydrogens (primary N) is 1. The van der Waals surface area contributed by atoms with Crippen molar-refractivity contribution in [2.24, 2.45) is 5.14 Å². The number of nitrogens with zero attached hydrogens (tertiary/aromatic N) is 2. The minimum absolute atomic E-state index is 0.0344. The van der Waals surface area contributed by atoms with Gasteiger partial charge in [0.1, 0.15) is 5.69 Å². The Morgan fingerprint density at radius 2 is 1.91 bits per heavy atom. The summed E-state index contributed by atoms with van der Waals surface area (Å²) in [5, 5.41) is 8.79. The highest BCUT2D eigenvalue weighted by molar-refractivity contribution is 7.93. The summed E-state index contributed by atoms with van der Waals surface area (Å²) in [6.45, 7) is 3.31. The van der Waals surface area contributed by atoms with Gasteiger partial charge in [0, 0.05) is 6.54 Å². The Labute approximate surface area is 134 Å². The average molecular weight is 357 g/mol. The van der Waals surface area contributed by atoms with Crippen molar-refractivity contribution in [2.75, 3.05) is 10.8 Å². The van der Waals surface area contributed by atoms with Crippen LogP contribution < -0.4 is 9.44 Å². The fraction of sp³-hybridized carbons (Fsp3) is 0.308. The van der Waals surface area contributed by atoms with E-state index in [4.69, 9.17) is 9.66 Å². The standard InChI is InChI=1S/C13H15N3O5S2/c1-8-13(9(2)21-15-8)23(19,20)16-6-5-10-7-11(22(14,17)18)3-4-12(10)16/h3-4,7H,5-6H2,1-2H3,(H2,14,17,18). The summed E-state index contributed by atoms with van der Waals surface area (Å²) in [6, 6.07) is 4.17. The smallest absolute Gasteiger partial charge is 0.269 e. The molecule has 1 aromatic heterocycles. The Morgan fingerprint density at radius 1 is 1.22 bits per heavy atom. The van der Waals surface area contributed by atoms with E-state index >= 15 is 0 Å². The summed E-state index contributed by atoms with van der Waals surface area (Å²) in [5.74, 6) is 0.220. The molecule has 8 nitrogen and oxygen atoms in total. The molecule has 2 aromatic rings. The van der Waals surface area contributed by atoms with Gasteiger partial charge in [-0.05, 0) is 44.0 Å². The van der Waals surface area contributed by atoms with Gasteiger partial charge in [0.25, 0.3) is 10.0 Å². The number of fused-ring (bicyclic) bond motifs is 1. The number of aryl methyl sites for hydroxylation is 2. The Hall–Kier alpha value is -1.91. The number of hydrogen-bond acceptors (Lipinski definition) is 6. The van der Waals surface area contributed by atoms with Crippen LogP contribution in [0, 0.1) is 13.8 Å². The maximum Gasteiger partial charge on any atom is 0.269 e. The van der Waals surface area contributed by atoms with Crippen molar-refractivity contribution in [1.82, 2.24) is 5.16 Å². The summed E-state index contributed by atoms with van der Waals surface area (Å²) < 4.78 is 54.7. The molecule has 0 spiro atoms. The second-order valence-corrected chi connectivity index (χ2v) is 8.68. The summed E-state index contributed by atoms with van der Waals surface area (Å²) in [6.07, 6.45) is 0.404. The Kier molecular flexibility index (Phi) is 3.50. The highest BCUT2D eigenvalue weighted by atomic mass is 32.2. The van der Waals surface area contributed by atoms with Crippen LogP contribution in [0.4, 0.5) is 5.69 Å². The molecule has 0 bridgehead atoms. The molecular weight excluding hydrogens is 342 g/mol. The lowest BCUT2D eigenvalue weighted by Crippen LogP contribution is -2.29. The van der Waals surface area contributed by atoms with Crippen LogP contribution in [-0.2, 0) is 26.5 Å². The molecule has 23 heavy (non-hydrogen) atoms. The third kappa shape index (κ3) is 2.52. The minimum atomic E-state index is -3.83. The van der Waals surface area contributed by atoms with E-state index in [2.05, 4.69) is 5.16 Å². The molecule has 1 aliphatic rings. The first-order valence-electron chi connectivity index (χ1n) is 6.73. The predicted molar refractivity (Wildman–Crippen MR) is 82.0 cm³/mol. The molecule has 0 unspecified atom stereocenters. The molecule has 2 N–H and O–H groups in total. The second kappa shape index (κ2) is 5.05. The molecule has 0 radical (unpaired) electrons. The van der Waals surface area contributed by atoms with Crippen molar-refractivity contribution >= 4 is 25.7 Å². The van der Waals surface area contributed by atoms with Crippen molar-refractivity contribution in [1.29, 1.82) is 0 Å². The van der Waals surface area contributed by atoms with Gasteiger partial charge in [-0.15, -0.1) is 0 Å². The van der Waals surface area contributed by atoms with E-state index in [1.165, 1.54) is 29.4 Å². The van der Waals surface area contributed by atoms with Gasteiger partial charge in [-0.3, -0.25) is 4.31 Å². The van der Waals surface area contributed by atoms with Crippen molar-refractivity contribution < 1.29 is 21.4 Å². The SMILES string of the molecule is Cc1noc(C)c1S(=O)(=O)N1CCc2cc(S(N)(=O)=O)ccc21. The highest BCUT2D eigenvalue weighted by Gasteiger charge is 2.35. The molecule has 0 saturated carbocycles. The molecule has 0 aliphatic carbocycles. The van der Waals surface area contributed by atoms with Gasteiger partial charge in [-0.25, -0.2) is 22.0 Å². The third-order valence-corrected chi connectivity index (χ3v) is 6.72. The summed E-state index contributed by atoms with van der Waals surface area (Å²) in [5.41, 5.74) is 1.35. The number of rotatable bonds is 3. The molecule has 0 saturated heterocycles. The summed E-state index contributed by atoms with van der Waals surface area (Å²) in [7, 11) is -7.65. The molecule has 10 heteroatoms. The van der Waals surface area contributed by atoms with E-state index in [-0.39, 0.29) is 27.8 Å². The van der Waals surface area contributed by atoms with Gasteiger partial charge in [-0.2, -0.15) is 0 Å². The van der Waals surface area contributed by atoms with Gasteiger partial charge in [0.2, 0.25) is 10.0 Å². The summed E-state index contributed by atoms with van der Waals surface area (Å²) >= 11 is 0. The van der Waals surface area contributed by atoms with Crippen molar-refractivity contribution in [3.8, 4) is 0 Å². The first-order chi connectivity index (χ1) is 10.6. The zero-order chi connectivity index (χ0) is 17.0. The lowest BCUT2D eigenvalue weighted by molar-refractivity contribution is 0.390. The molecule has 1 aromatic carbocycles. The number of benzene rings is 1. The zero-order valence-electron chi connectivity index (χ0n) is 12.5. The monoisotopic (exact) mass is 357 g/mol. The van der Waals surface area contributed by atoms with E-state index in [1.807, 2.05) is 0 Å². The van der Waals surface area contributed by atoms with Gasteiger partial charge < -0.3 is 4.52 Å². The number of anilines is 1. The van der Waals surface area contributed by atoms with Crippen molar-refractivity contribution in [3.63, 3.8) is 0 Å². The number of primary sulfonamides is 1. The van der Waals surface area contributed by atoms with Crippen LogP contribution in [0.1, 0.15) is 17.0 Å². The van der Waals surface area contributed by atoms with E-state index in [9.17, 15) is 16.8 Å². The Morgan fingerprint density at radius 3 is 2.48 bits per heavy atom. The lowest BCUT2D eigenvalue weighted by Gasteiger charge is -2.19. The van der Waals surface area contributed by atoms with E-state index in [0.29, 0.717) is 17.7 Å². The van der Waals surface area contributed by atoms with Crippen LogP contribution in [0.5, 0.6) is 0 Å². The third-order valence-electron chi connectivity index (χ3n) is 3.75. The largest absolute Gasteiger partial charge is 0.360 e. The molecule has 1 aliphatic heterocycles. The van der Waals surface area contributed by atoms with Gasteiger partial charge in [0.05, 0.1) is 10.6 Å². The van der Waals surface area contributed by atoms with E-state index in [0.717, 1.165) is 0 Å². The maximum absolute atomic E-state index is 12.9. The molecule has 124 valence electrons. The number of sulfonamides is 2. The molecule has 0 atom stereocenters. The van der Waals surface area contributed by atoms with Crippen LogP contribution in [0.25, 0.3) is 0 Å². The first-order valence-corrected chi connectivity index (χ1v) is 9.72. The molecular formula is C13H15N3O5S2. The predicted octanol–water partition coefficient (Wildman–Crippen LogP) is 0.690. The van der Waals surface area contributed by atoms with E-state index in [1.54, 1.807) is 6.92 Å². The molecule has 0 fully saturated rings. The Bertz CT molecular complexity index is 973. The Balaban J connectivity index is 2.10. The first kappa shape index (κ1) is 16.0. The van der Waals surface area contributed by atoms with Gasteiger partial charge >= 0.3 is 0 Å². The van der Waals surface area contributed by atoms with E-state index < -0.39 is 20.0 Å². The zero-order valence-corrected chi connectivity index (χ0v) is 14.1. The number of hydrogen-bond donors (Lipinski definition) is 1. The average Bonchev–Trinajstić information content (AvgIpc) is 3.01. The van der Waals surface area contributed by atoms with Gasteiger partial charge in [-0.1, -0.05) is 5.16 Å². The molecule has 0 amide bonds. The normalized spacial score (nSPS) is 15.0. The maximum atomic E-state index is 12.9. The summed E-state index contributed by atoms with van der Waals surface area (Å²) in [4.78, 5) is 0.00806. The topological polar surface area (TPSA) is 124 Å². The fourth-order valence-corrected chi connectivity index (χ4v) is 5.09. The minimum Gasteiger partial charge on any atom is -0.360 e. The van der Waals surface area contributed by atoms with Crippen LogP contribution in [-0.4, -0.2) is 28.5 Å².